The molecule has 5 heteroatoms. The van der Waals surface area contributed by atoms with E-state index in [0.29, 0.717) is 25.0 Å². The van der Waals surface area contributed by atoms with Gasteiger partial charge in [0.25, 0.3) is 0 Å². The largest absolute Gasteiger partial charge is 0.484 e. The first-order chi connectivity index (χ1) is 10.6. The van der Waals surface area contributed by atoms with E-state index in [1.165, 1.54) is 0 Å². The fourth-order valence-corrected chi connectivity index (χ4v) is 2.63. The Morgan fingerprint density at radius 3 is 2.18 bits per heavy atom. The molecule has 0 bridgehead atoms. The summed E-state index contributed by atoms with van der Waals surface area (Å²) in [5.74, 6) is -3.44. The average Bonchev–Trinajstić information content (AvgIpc) is 2.52. The van der Waals surface area contributed by atoms with Gasteiger partial charge in [0.15, 0.2) is 17.4 Å². The second kappa shape index (κ2) is 6.30. The summed E-state index contributed by atoms with van der Waals surface area (Å²) in [4.78, 5) is 2.19. The van der Waals surface area contributed by atoms with Crippen molar-refractivity contribution >= 4 is 5.69 Å². The van der Waals surface area contributed by atoms with Crippen LogP contribution in [0.3, 0.4) is 0 Å². The molecule has 22 heavy (non-hydrogen) atoms. The quantitative estimate of drug-likeness (QED) is 0.851. The van der Waals surface area contributed by atoms with Crippen LogP contribution in [0.4, 0.5) is 18.9 Å². The first kappa shape index (κ1) is 14.8. The summed E-state index contributed by atoms with van der Waals surface area (Å²) in [5.41, 5.74) is 1.09. The summed E-state index contributed by atoms with van der Waals surface area (Å²) in [6.45, 7) is 1.47. The molecular formula is C17H15F3NO. The smallest absolute Gasteiger partial charge is 0.191 e. The first-order valence-corrected chi connectivity index (χ1v) is 7.16. The minimum Gasteiger partial charge on any atom is -0.484 e. The molecule has 0 atom stereocenters. The third-order valence-corrected chi connectivity index (χ3v) is 3.76. The van der Waals surface area contributed by atoms with Crippen LogP contribution >= 0.6 is 0 Å². The Kier molecular flexibility index (Phi) is 4.22. The molecule has 2 aromatic rings. The van der Waals surface area contributed by atoms with Crippen LogP contribution in [-0.4, -0.2) is 19.2 Å². The molecule has 1 heterocycles. The van der Waals surface area contributed by atoms with E-state index in [-0.39, 0.29) is 6.10 Å². The normalized spacial score (nSPS) is 15.9. The standard InChI is InChI=1S/C17H15F3NO/c18-12-10-15(19)17(16(20)11-12)22-14-6-8-21(9-7-14)13-4-2-1-3-5-13/h2-5,10-11,14H,6-9H2. The van der Waals surface area contributed by atoms with Gasteiger partial charge >= 0.3 is 0 Å². The van der Waals surface area contributed by atoms with E-state index >= 15 is 0 Å². The summed E-state index contributed by atoms with van der Waals surface area (Å²) < 4.78 is 45.5. The van der Waals surface area contributed by atoms with Crippen molar-refractivity contribution in [1.29, 1.82) is 0 Å². The topological polar surface area (TPSA) is 12.5 Å². The minimum atomic E-state index is -1.00. The van der Waals surface area contributed by atoms with Crippen molar-refractivity contribution in [2.75, 3.05) is 18.0 Å². The molecule has 3 rings (SSSR count). The summed E-state index contributed by atoms with van der Waals surface area (Å²) in [6, 6.07) is 11.9. The monoisotopic (exact) mass is 306 g/mol. The molecule has 1 radical (unpaired) electrons. The third kappa shape index (κ3) is 3.18. The number of nitrogens with zero attached hydrogens (tertiary/aromatic N) is 1. The van der Waals surface area contributed by atoms with Crippen molar-refractivity contribution in [3.63, 3.8) is 0 Å². The Bertz CT molecular complexity index is 617. The highest BCUT2D eigenvalue weighted by Gasteiger charge is 2.23. The van der Waals surface area contributed by atoms with E-state index in [1.807, 2.05) is 24.3 Å². The molecule has 0 unspecified atom stereocenters. The van der Waals surface area contributed by atoms with Crippen molar-refractivity contribution in [3.8, 4) is 5.75 Å². The van der Waals surface area contributed by atoms with E-state index in [9.17, 15) is 13.2 Å². The lowest BCUT2D eigenvalue weighted by molar-refractivity contribution is 0.156. The zero-order chi connectivity index (χ0) is 15.5. The van der Waals surface area contributed by atoms with E-state index in [2.05, 4.69) is 11.0 Å². The maximum Gasteiger partial charge on any atom is 0.191 e. The van der Waals surface area contributed by atoms with Gasteiger partial charge in [-0.2, -0.15) is 0 Å². The highest BCUT2D eigenvalue weighted by Crippen LogP contribution is 2.27. The number of halogens is 3. The lowest BCUT2D eigenvalue weighted by Gasteiger charge is -2.33. The van der Waals surface area contributed by atoms with Gasteiger partial charge in [-0.25, -0.2) is 13.2 Å². The van der Waals surface area contributed by atoms with Crippen LogP contribution in [0.5, 0.6) is 5.75 Å². The van der Waals surface area contributed by atoms with E-state index in [4.69, 9.17) is 4.74 Å². The Morgan fingerprint density at radius 2 is 1.59 bits per heavy atom. The Balaban J connectivity index is 1.63. The Morgan fingerprint density at radius 1 is 1.00 bits per heavy atom. The molecule has 0 amide bonds. The molecule has 0 N–H and O–H groups in total. The molecule has 0 spiro atoms. The predicted octanol–water partition coefficient (Wildman–Crippen LogP) is 3.95. The molecule has 2 nitrogen and oxygen atoms in total. The molecule has 1 saturated heterocycles. The van der Waals surface area contributed by atoms with Crippen LogP contribution in [-0.2, 0) is 0 Å². The van der Waals surface area contributed by atoms with Gasteiger partial charge in [0.05, 0.1) is 0 Å². The summed E-state index contributed by atoms with van der Waals surface area (Å²) in [7, 11) is 0. The summed E-state index contributed by atoms with van der Waals surface area (Å²) in [5, 5.41) is 0. The number of hydrogen-bond acceptors (Lipinski definition) is 2. The van der Waals surface area contributed by atoms with Crippen molar-refractivity contribution in [2.45, 2.75) is 18.9 Å². The van der Waals surface area contributed by atoms with Gasteiger partial charge in [-0.3, -0.25) is 0 Å². The van der Waals surface area contributed by atoms with Crippen LogP contribution in [0.25, 0.3) is 0 Å². The molecule has 0 aliphatic carbocycles. The van der Waals surface area contributed by atoms with Crippen molar-refractivity contribution in [2.24, 2.45) is 0 Å². The van der Waals surface area contributed by atoms with Crippen molar-refractivity contribution in [1.82, 2.24) is 0 Å². The summed E-state index contributed by atoms with van der Waals surface area (Å²) in [6.07, 6.45) is 1.02. The van der Waals surface area contributed by atoms with Crippen LogP contribution < -0.4 is 9.64 Å². The van der Waals surface area contributed by atoms with Crippen LogP contribution in [0, 0.1) is 23.5 Å². The second-order valence-corrected chi connectivity index (χ2v) is 5.26. The lowest BCUT2D eigenvalue weighted by Crippen LogP contribution is -2.38. The molecule has 1 fully saturated rings. The first-order valence-electron chi connectivity index (χ1n) is 7.16. The van der Waals surface area contributed by atoms with E-state index in [0.717, 1.165) is 18.8 Å². The Labute approximate surface area is 127 Å². The number of hydrogen-bond donors (Lipinski definition) is 0. The van der Waals surface area contributed by atoms with Gasteiger partial charge in [-0.15, -0.1) is 0 Å². The SMILES string of the molecule is Fc1cc(F)c(OC2CCN(c3cc[c]cc3)CC2)c(F)c1. The molecule has 1 aliphatic rings. The highest BCUT2D eigenvalue weighted by molar-refractivity contribution is 5.46. The maximum absolute atomic E-state index is 13.6. The number of ether oxygens (including phenoxy) is 1. The second-order valence-electron chi connectivity index (χ2n) is 5.26. The van der Waals surface area contributed by atoms with Crippen LogP contribution in [0.1, 0.15) is 12.8 Å². The molecular weight excluding hydrogens is 291 g/mol. The Hall–Kier alpha value is -2.17. The predicted molar refractivity (Wildman–Crippen MR) is 77.5 cm³/mol. The number of anilines is 1. The lowest BCUT2D eigenvalue weighted by atomic mass is 10.1. The van der Waals surface area contributed by atoms with Gasteiger partial charge in [-0.05, 0) is 18.2 Å². The van der Waals surface area contributed by atoms with Crippen LogP contribution in [0.15, 0.2) is 36.4 Å². The fraction of sp³-hybridized carbons (Fsp3) is 0.294. The minimum absolute atomic E-state index is 0.277. The molecule has 1 aliphatic heterocycles. The molecule has 0 saturated carbocycles. The van der Waals surface area contributed by atoms with Gasteiger partial charge < -0.3 is 9.64 Å². The number of rotatable bonds is 3. The van der Waals surface area contributed by atoms with Gasteiger partial charge in [0.1, 0.15) is 11.9 Å². The molecule has 2 aromatic carbocycles. The van der Waals surface area contributed by atoms with Gasteiger partial charge in [0.2, 0.25) is 0 Å². The third-order valence-electron chi connectivity index (χ3n) is 3.76. The maximum atomic E-state index is 13.6. The summed E-state index contributed by atoms with van der Waals surface area (Å²) >= 11 is 0. The number of piperidine rings is 1. The van der Waals surface area contributed by atoms with Gasteiger partial charge in [0, 0.05) is 43.8 Å². The van der Waals surface area contributed by atoms with Gasteiger partial charge in [-0.1, -0.05) is 12.1 Å². The number of benzene rings is 2. The van der Waals surface area contributed by atoms with E-state index in [1.54, 1.807) is 0 Å². The zero-order valence-electron chi connectivity index (χ0n) is 11.9. The zero-order valence-corrected chi connectivity index (χ0v) is 11.9. The molecule has 0 aromatic heterocycles. The average molecular weight is 306 g/mol. The van der Waals surface area contributed by atoms with Crippen LogP contribution in [0.2, 0.25) is 0 Å². The van der Waals surface area contributed by atoms with Crippen molar-refractivity contribution in [3.05, 3.63) is 59.9 Å². The fourth-order valence-electron chi connectivity index (χ4n) is 2.63. The van der Waals surface area contributed by atoms with Crippen molar-refractivity contribution < 1.29 is 17.9 Å². The molecule has 115 valence electrons. The highest BCUT2D eigenvalue weighted by atomic mass is 19.1. The van der Waals surface area contributed by atoms with E-state index < -0.39 is 23.2 Å².